The molecule has 118 valence electrons. The van der Waals surface area contributed by atoms with E-state index in [9.17, 15) is 19.3 Å². The fourth-order valence-electron chi connectivity index (χ4n) is 1.82. The first-order valence-corrected chi connectivity index (χ1v) is 6.56. The zero-order valence-electron chi connectivity index (χ0n) is 12.2. The van der Waals surface area contributed by atoms with Gasteiger partial charge >= 0.3 is 0 Å². The number of halogens is 1. The van der Waals surface area contributed by atoms with Crippen LogP contribution < -0.4 is 10.1 Å². The van der Waals surface area contributed by atoms with Gasteiger partial charge in [-0.05, 0) is 29.8 Å². The predicted molar refractivity (Wildman–Crippen MR) is 83.7 cm³/mol. The van der Waals surface area contributed by atoms with Gasteiger partial charge in [0.05, 0.1) is 23.8 Å². The highest BCUT2D eigenvalue weighted by molar-refractivity contribution is 6.02. The van der Waals surface area contributed by atoms with Gasteiger partial charge in [0.15, 0.2) is 0 Å². The molecule has 0 aromatic heterocycles. The standard InChI is InChI=1S/C16H13FN2O4/c1-23-15-10-13(19(21)22)7-8-14(15)18-16(20)9-4-11-2-5-12(17)6-3-11/h2-10H,1H3,(H,18,20). The van der Waals surface area contributed by atoms with E-state index in [1.54, 1.807) is 0 Å². The molecule has 0 aliphatic heterocycles. The van der Waals surface area contributed by atoms with Gasteiger partial charge in [-0.25, -0.2) is 4.39 Å². The van der Waals surface area contributed by atoms with Crippen molar-refractivity contribution in [1.82, 2.24) is 0 Å². The molecule has 0 radical (unpaired) electrons. The lowest BCUT2D eigenvalue weighted by Crippen LogP contribution is -2.09. The van der Waals surface area contributed by atoms with Gasteiger partial charge < -0.3 is 10.1 Å². The molecule has 0 aliphatic rings. The zero-order valence-corrected chi connectivity index (χ0v) is 12.2. The highest BCUT2D eigenvalue weighted by atomic mass is 19.1. The quantitative estimate of drug-likeness (QED) is 0.521. The summed E-state index contributed by atoms with van der Waals surface area (Å²) in [4.78, 5) is 22.0. The van der Waals surface area contributed by atoms with Crippen molar-refractivity contribution < 1.29 is 18.8 Å². The summed E-state index contributed by atoms with van der Waals surface area (Å²) in [5, 5.41) is 13.3. The first-order chi connectivity index (χ1) is 11.0. The number of amides is 1. The van der Waals surface area contributed by atoms with Crippen molar-refractivity contribution in [2.75, 3.05) is 12.4 Å². The first-order valence-electron chi connectivity index (χ1n) is 6.56. The van der Waals surface area contributed by atoms with Gasteiger partial charge in [-0.1, -0.05) is 12.1 Å². The molecule has 2 aromatic rings. The average molecular weight is 316 g/mol. The smallest absolute Gasteiger partial charge is 0.273 e. The number of methoxy groups -OCH3 is 1. The van der Waals surface area contributed by atoms with Crippen LogP contribution >= 0.6 is 0 Å². The second kappa shape index (κ2) is 7.17. The van der Waals surface area contributed by atoms with Gasteiger partial charge in [0.1, 0.15) is 11.6 Å². The van der Waals surface area contributed by atoms with E-state index in [1.165, 1.54) is 61.7 Å². The number of nitrogens with zero attached hydrogens (tertiary/aromatic N) is 1. The minimum Gasteiger partial charge on any atom is -0.494 e. The van der Waals surface area contributed by atoms with Crippen LogP contribution in [0.1, 0.15) is 5.56 Å². The van der Waals surface area contributed by atoms with Crippen molar-refractivity contribution in [2.24, 2.45) is 0 Å². The Morgan fingerprint density at radius 2 is 1.96 bits per heavy atom. The van der Waals surface area contributed by atoms with E-state index in [1.807, 2.05) is 0 Å². The molecule has 0 aliphatic carbocycles. The fourth-order valence-corrected chi connectivity index (χ4v) is 1.82. The summed E-state index contributed by atoms with van der Waals surface area (Å²) in [6.07, 6.45) is 2.79. The van der Waals surface area contributed by atoms with E-state index in [4.69, 9.17) is 4.74 Å². The van der Waals surface area contributed by atoms with Crippen LogP contribution in [0, 0.1) is 15.9 Å². The normalized spacial score (nSPS) is 10.5. The summed E-state index contributed by atoms with van der Waals surface area (Å²) in [5.74, 6) is -0.619. The lowest BCUT2D eigenvalue weighted by atomic mass is 10.2. The number of ether oxygens (including phenoxy) is 1. The number of nitro groups is 1. The van der Waals surface area contributed by atoms with E-state index in [2.05, 4.69) is 5.32 Å². The van der Waals surface area contributed by atoms with Gasteiger partial charge in [0.25, 0.3) is 5.69 Å². The Bertz CT molecular complexity index is 757. The molecule has 2 rings (SSSR count). The molecule has 0 fully saturated rings. The fraction of sp³-hybridized carbons (Fsp3) is 0.0625. The third kappa shape index (κ3) is 4.37. The Morgan fingerprint density at radius 3 is 2.57 bits per heavy atom. The molecule has 0 heterocycles. The number of nitrogens with one attached hydrogen (secondary N) is 1. The number of anilines is 1. The van der Waals surface area contributed by atoms with Crippen LogP contribution in [-0.4, -0.2) is 17.9 Å². The highest BCUT2D eigenvalue weighted by Gasteiger charge is 2.12. The Morgan fingerprint density at radius 1 is 1.26 bits per heavy atom. The third-order valence-electron chi connectivity index (χ3n) is 2.95. The summed E-state index contributed by atoms with van der Waals surface area (Å²) in [7, 11) is 1.35. The molecule has 7 heteroatoms. The Balaban J connectivity index is 2.10. The third-order valence-corrected chi connectivity index (χ3v) is 2.95. The second-order valence-electron chi connectivity index (χ2n) is 4.52. The monoisotopic (exact) mass is 316 g/mol. The lowest BCUT2D eigenvalue weighted by molar-refractivity contribution is -0.384. The van der Waals surface area contributed by atoms with E-state index in [0.717, 1.165) is 0 Å². The molecule has 0 saturated carbocycles. The molecule has 1 N–H and O–H groups in total. The van der Waals surface area contributed by atoms with Gasteiger partial charge in [-0.15, -0.1) is 0 Å². The van der Waals surface area contributed by atoms with Crippen LogP contribution in [0.4, 0.5) is 15.8 Å². The SMILES string of the molecule is COc1cc([N+](=O)[O-])ccc1NC(=O)C=Cc1ccc(F)cc1. The van der Waals surface area contributed by atoms with E-state index in [-0.39, 0.29) is 17.3 Å². The number of nitro benzene ring substituents is 1. The van der Waals surface area contributed by atoms with Gasteiger partial charge in [-0.2, -0.15) is 0 Å². The molecule has 23 heavy (non-hydrogen) atoms. The first kappa shape index (κ1) is 16.2. The van der Waals surface area contributed by atoms with Crippen LogP contribution in [-0.2, 0) is 4.79 Å². The molecular weight excluding hydrogens is 303 g/mol. The Labute approximate surface area is 131 Å². The molecule has 0 saturated heterocycles. The van der Waals surface area contributed by atoms with Crippen molar-refractivity contribution in [3.05, 3.63) is 70.0 Å². The largest absolute Gasteiger partial charge is 0.494 e. The molecule has 0 spiro atoms. The minimum atomic E-state index is -0.553. The lowest BCUT2D eigenvalue weighted by Gasteiger charge is -2.08. The van der Waals surface area contributed by atoms with Crippen LogP contribution in [0.3, 0.4) is 0 Å². The number of non-ortho nitro benzene ring substituents is 1. The summed E-state index contributed by atoms with van der Waals surface area (Å²) in [5.41, 5.74) is 0.839. The van der Waals surface area contributed by atoms with Gasteiger partial charge in [-0.3, -0.25) is 14.9 Å². The summed E-state index contributed by atoms with van der Waals surface area (Å²) in [6.45, 7) is 0. The number of hydrogen-bond acceptors (Lipinski definition) is 4. The number of rotatable bonds is 5. The molecule has 1 amide bonds. The maximum atomic E-state index is 12.8. The molecule has 0 bridgehead atoms. The average Bonchev–Trinajstić information content (AvgIpc) is 2.54. The maximum absolute atomic E-state index is 12.8. The van der Waals surface area contributed by atoms with Crippen LogP contribution in [0.2, 0.25) is 0 Å². The van der Waals surface area contributed by atoms with Gasteiger partial charge in [0.2, 0.25) is 5.91 Å². The number of benzene rings is 2. The number of hydrogen-bond donors (Lipinski definition) is 1. The molecule has 6 nitrogen and oxygen atoms in total. The Hall–Kier alpha value is -3.22. The van der Waals surface area contributed by atoms with Crippen molar-refractivity contribution >= 4 is 23.4 Å². The van der Waals surface area contributed by atoms with Crippen molar-refractivity contribution in [1.29, 1.82) is 0 Å². The summed E-state index contributed by atoms with van der Waals surface area (Å²) in [6, 6.07) is 9.52. The second-order valence-corrected chi connectivity index (χ2v) is 4.52. The van der Waals surface area contributed by atoms with Crippen LogP contribution in [0.5, 0.6) is 5.75 Å². The summed E-state index contributed by atoms with van der Waals surface area (Å²) < 4.78 is 17.8. The zero-order chi connectivity index (χ0) is 16.8. The van der Waals surface area contributed by atoms with Crippen LogP contribution in [0.25, 0.3) is 6.08 Å². The predicted octanol–water partition coefficient (Wildman–Crippen LogP) is 3.39. The Kier molecular flexibility index (Phi) is 5.03. The number of carbonyl (C=O) groups excluding carboxylic acids is 1. The summed E-state index contributed by atoms with van der Waals surface area (Å²) >= 11 is 0. The van der Waals surface area contributed by atoms with Crippen molar-refractivity contribution in [2.45, 2.75) is 0 Å². The van der Waals surface area contributed by atoms with Crippen molar-refractivity contribution in [3.8, 4) is 5.75 Å². The van der Waals surface area contributed by atoms with E-state index in [0.29, 0.717) is 11.3 Å². The minimum absolute atomic E-state index is 0.137. The van der Waals surface area contributed by atoms with Gasteiger partial charge in [0, 0.05) is 12.1 Å². The maximum Gasteiger partial charge on any atom is 0.273 e. The number of carbonyl (C=O) groups is 1. The van der Waals surface area contributed by atoms with E-state index >= 15 is 0 Å². The van der Waals surface area contributed by atoms with Crippen LogP contribution in [0.15, 0.2) is 48.5 Å². The molecular formula is C16H13FN2O4. The van der Waals surface area contributed by atoms with Crippen molar-refractivity contribution in [3.63, 3.8) is 0 Å². The highest BCUT2D eigenvalue weighted by Crippen LogP contribution is 2.28. The van der Waals surface area contributed by atoms with E-state index < -0.39 is 10.8 Å². The topological polar surface area (TPSA) is 81.5 Å². The molecule has 2 aromatic carbocycles. The molecule has 0 atom stereocenters. The molecule has 0 unspecified atom stereocenters.